The maximum Gasteiger partial charge on any atom is 0.573 e. The monoisotopic (exact) mass is 435 g/mol. The third-order valence-electron chi connectivity index (χ3n) is 4.83. The summed E-state index contributed by atoms with van der Waals surface area (Å²) in [5.41, 5.74) is 1.27. The molecule has 0 fully saturated rings. The number of alkyl halides is 3. The van der Waals surface area contributed by atoms with Gasteiger partial charge in [-0.15, -0.1) is 13.2 Å². The molecule has 4 rings (SSSR count). The first kappa shape index (κ1) is 21.7. The van der Waals surface area contributed by atoms with Crippen molar-refractivity contribution < 1.29 is 27.4 Å². The van der Waals surface area contributed by atoms with Gasteiger partial charge in [0.2, 0.25) is 0 Å². The van der Waals surface area contributed by atoms with Gasteiger partial charge in [-0.05, 0) is 35.4 Å². The number of halogens is 3. The van der Waals surface area contributed by atoms with Gasteiger partial charge in [0.25, 0.3) is 5.91 Å². The summed E-state index contributed by atoms with van der Waals surface area (Å²) < 4.78 is 46.9. The SMILES string of the molecule is [B]c1c(-c2ccc(OC(F)(F)F)cc2)cc2c(c1[B])OCCN(Cc1ncccn1)C2=O. The highest BCUT2D eigenvalue weighted by molar-refractivity contribution is 6.52. The number of hydrogen-bond acceptors (Lipinski definition) is 5. The van der Waals surface area contributed by atoms with Gasteiger partial charge in [-0.25, -0.2) is 9.97 Å². The molecule has 0 bridgehead atoms. The van der Waals surface area contributed by atoms with Crippen molar-refractivity contribution in [3.05, 3.63) is 60.2 Å². The second-order valence-corrected chi connectivity index (χ2v) is 6.94. The summed E-state index contributed by atoms with van der Waals surface area (Å²) in [6.07, 6.45) is -1.64. The molecule has 1 aliphatic rings. The average Bonchev–Trinajstić information content (AvgIpc) is 2.90. The van der Waals surface area contributed by atoms with E-state index in [-0.39, 0.29) is 53.6 Å². The van der Waals surface area contributed by atoms with Crippen LogP contribution in [0.15, 0.2) is 48.8 Å². The molecule has 6 nitrogen and oxygen atoms in total. The summed E-state index contributed by atoms with van der Waals surface area (Å²) in [5, 5.41) is 0. The van der Waals surface area contributed by atoms with E-state index in [1.807, 2.05) is 0 Å². The zero-order valence-electron chi connectivity index (χ0n) is 16.6. The van der Waals surface area contributed by atoms with E-state index < -0.39 is 6.36 Å². The van der Waals surface area contributed by atoms with Crippen LogP contribution in [0.3, 0.4) is 0 Å². The molecule has 32 heavy (non-hydrogen) atoms. The van der Waals surface area contributed by atoms with Gasteiger partial charge in [0.05, 0.1) is 18.7 Å². The smallest absolute Gasteiger partial charge is 0.492 e. The molecule has 1 amide bonds. The number of fused-ring (bicyclic) bond motifs is 1. The summed E-state index contributed by atoms with van der Waals surface area (Å²) in [6, 6.07) is 8.30. The third-order valence-corrected chi connectivity index (χ3v) is 4.83. The molecule has 4 radical (unpaired) electrons. The highest BCUT2D eigenvalue weighted by Crippen LogP contribution is 2.29. The Kier molecular flexibility index (Phi) is 5.82. The number of ether oxygens (including phenoxy) is 2. The molecule has 0 N–H and O–H groups in total. The van der Waals surface area contributed by atoms with Gasteiger partial charge in [-0.2, -0.15) is 0 Å². The van der Waals surface area contributed by atoms with E-state index in [9.17, 15) is 18.0 Å². The Labute approximate surface area is 184 Å². The first-order valence-electron chi connectivity index (χ1n) is 9.49. The van der Waals surface area contributed by atoms with E-state index in [0.29, 0.717) is 17.0 Å². The van der Waals surface area contributed by atoms with Crippen molar-refractivity contribution in [1.82, 2.24) is 14.9 Å². The number of carbonyl (C=O) groups is 1. The lowest BCUT2D eigenvalue weighted by Gasteiger charge is -2.20. The fourth-order valence-electron chi connectivity index (χ4n) is 3.35. The van der Waals surface area contributed by atoms with Gasteiger partial charge in [-0.3, -0.25) is 4.79 Å². The molecular formula is C21H14B2F3N3O3. The Balaban J connectivity index is 1.69. The maximum absolute atomic E-state index is 13.2. The van der Waals surface area contributed by atoms with Crippen LogP contribution in [0.4, 0.5) is 13.2 Å². The molecule has 0 aliphatic carbocycles. The van der Waals surface area contributed by atoms with Gasteiger partial charge in [-0.1, -0.05) is 23.1 Å². The highest BCUT2D eigenvalue weighted by Gasteiger charge is 2.31. The maximum atomic E-state index is 13.2. The summed E-state index contributed by atoms with van der Waals surface area (Å²) in [6.45, 7) is 0.646. The molecule has 3 aromatic rings. The molecule has 0 saturated carbocycles. The van der Waals surface area contributed by atoms with Crippen molar-refractivity contribution in [1.29, 1.82) is 0 Å². The van der Waals surface area contributed by atoms with Gasteiger partial charge >= 0.3 is 6.36 Å². The quantitative estimate of drug-likeness (QED) is 0.584. The topological polar surface area (TPSA) is 64.6 Å². The molecule has 0 saturated heterocycles. The number of nitrogens with zero attached hydrogens (tertiary/aromatic N) is 3. The first-order valence-corrected chi connectivity index (χ1v) is 9.49. The van der Waals surface area contributed by atoms with Crippen molar-refractivity contribution in [3.63, 3.8) is 0 Å². The molecule has 1 aromatic heterocycles. The van der Waals surface area contributed by atoms with Gasteiger partial charge in [0, 0.05) is 12.4 Å². The zero-order valence-corrected chi connectivity index (χ0v) is 16.6. The fraction of sp³-hybridized carbons (Fsp3) is 0.190. The van der Waals surface area contributed by atoms with Crippen LogP contribution in [0.2, 0.25) is 0 Å². The summed E-state index contributed by atoms with van der Waals surface area (Å²) >= 11 is 0. The highest BCUT2D eigenvalue weighted by atomic mass is 19.4. The lowest BCUT2D eigenvalue weighted by atomic mass is 9.74. The summed E-state index contributed by atoms with van der Waals surface area (Å²) in [5.74, 6) is -0.0936. The second-order valence-electron chi connectivity index (χ2n) is 6.94. The van der Waals surface area contributed by atoms with Crippen LogP contribution in [-0.2, 0) is 6.54 Å². The molecule has 1 aliphatic heterocycles. The van der Waals surface area contributed by atoms with E-state index in [1.54, 1.807) is 18.5 Å². The van der Waals surface area contributed by atoms with Crippen molar-refractivity contribution >= 4 is 32.5 Å². The average molecular weight is 435 g/mol. The standard InChI is InChI=1S/C21H14B2F3N3O3/c22-17-14(12-2-4-13(5-3-12)32-21(24,25)26)10-15-19(18(17)23)31-9-8-29(20(15)30)11-16-27-6-1-7-28-16/h1-7,10H,8-9,11H2. The van der Waals surface area contributed by atoms with E-state index >= 15 is 0 Å². The second kappa shape index (κ2) is 8.57. The van der Waals surface area contributed by atoms with E-state index in [4.69, 9.17) is 20.4 Å². The number of rotatable bonds is 4. The zero-order chi connectivity index (χ0) is 22.9. The largest absolute Gasteiger partial charge is 0.573 e. The lowest BCUT2D eigenvalue weighted by Crippen LogP contribution is -2.34. The first-order chi connectivity index (χ1) is 15.2. The van der Waals surface area contributed by atoms with Crippen LogP contribution in [0.1, 0.15) is 16.2 Å². The summed E-state index contributed by atoms with van der Waals surface area (Å²) in [7, 11) is 12.3. The molecule has 0 spiro atoms. The van der Waals surface area contributed by atoms with Gasteiger partial charge < -0.3 is 14.4 Å². The normalized spacial score (nSPS) is 13.8. The number of amides is 1. The van der Waals surface area contributed by atoms with Gasteiger partial charge in [0.15, 0.2) is 0 Å². The minimum atomic E-state index is -4.80. The van der Waals surface area contributed by atoms with E-state index in [2.05, 4.69) is 14.7 Å². The van der Waals surface area contributed by atoms with Crippen LogP contribution in [-0.4, -0.2) is 56.0 Å². The molecule has 0 atom stereocenters. The van der Waals surface area contributed by atoms with Crippen LogP contribution < -0.4 is 20.4 Å². The Morgan fingerprint density at radius 1 is 1.06 bits per heavy atom. The Morgan fingerprint density at radius 3 is 2.41 bits per heavy atom. The minimum absolute atomic E-state index is 0.0827. The fourth-order valence-corrected chi connectivity index (χ4v) is 3.35. The van der Waals surface area contributed by atoms with Crippen molar-refractivity contribution in [2.45, 2.75) is 12.9 Å². The van der Waals surface area contributed by atoms with E-state index in [1.165, 1.54) is 23.1 Å². The molecule has 2 aromatic carbocycles. The molecule has 158 valence electrons. The predicted molar refractivity (Wildman–Crippen MR) is 112 cm³/mol. The van der Waals surface area contributed by atoms with Crippen LogP contribution in [0.25, 0.3) is 11.1 Å². The van der Waals surface area contributed by atoms with Crippen molar-refractivity contribution in [2.24, 2.45) is 0 Å². The van der Waals surface area contributed by atoms with E-state index in [0.717, 1.165) is 12.1 Å². The molecule has 0 unspecified atom stereocenters. The molecule has 2 heterocycles. The van der Waals surface area contributed by atoms with Gasteiger partial charge in [0.1, 0.15) is 39.6 Å². The Bertz CT molecular complexity index is 1140. The third kappa shape index (κ3) is 4.56. The molecule has 11 heteroatoms. The molecular weight excluding hydrogens is 421 g/mol. The van der Waals surface area contributed by atoms with Crippen molar-refractivity contribution in [2.75, 3.05) is 13.2 Å². The summed E-state index contributed by atoms with van der Waals surface area (Å²) in [4.78, 5) is 23.1. The Morgan fingerprint density at radius 2 is 1.75 bits per heavy atom. The van der Waals surface area contributed by atoms with Crippen molar-refractivity contribution in [3.8, 4) is 22.6 Å². The Hall–Kier alpha value is -3.49. The minimum Gasteiger partial charge on any atom is -0.492 e. The van der Waals surface area contributed by atoms with Crippen LogP contribution in [0.5, 0.6) is 11.5 Å². The van der Waals surface area contributed by atoms with Crippen LogP contribution >= 0.6 is 0 Å². The lowest BCUT2D eigenvalue weighted by molar-refractivity contribution is -0.274. The number of aromatic nitrogens is 2. The predicted octanol–water partition coefficient (Wildman–Crippen LogP) is 1.66. The number of hydrogen-bond donors (Lipinski definition) is 0. The number of carbonyl (C=O) groups excluding carboxylic acids is 1. The number of benzene rings is 2. The van der Waals surface area contributed by atoms with Crippen LogP contribution in [0, 0.1) is 0 Å².